The predicted molar refractivity (Wildman–Crippen MR) is 44.2 cm³/mol. The van der Waals surface area contributed by atoms with E-state index in [1.54, 1.807) is 0 Å². The zero-order chi connectivity index (χ0) is 9.90. The van der Waals surface area contributed by atoms with E-state index in [9.17, 15) is 0 Å². The average molecular weight is 180 g/mol. The molecule has 1 aliphatic heterocycles. The number of nitriles is 2. The molecular formula is C9H12N2O2. The van der Waals surface area contributed by atoms with E-state index in [2.05, 4.69) is 0 Å². The molecule has 70 valence electrons. The smallest absolute Gasteiger partial charge is 0.163 e. The van der Waals surface area contributed by atoms with Gasteiger partial charge in [-0.25, -0.2) is 0 Å². The molecule has 0 aromatic heterocycles. The molecule has 1 fully saturated rings. The lowest BCUT2D eigenvalue weighted by atomic mass is 10.1. The third-order valence-corrected chi connectivity index (χ3v) is 1.88. The van der Waals surface area contributed by atoms with Crippen molar-refractivity contribution in [1.29, 1.82) is 10.5 Å². The van der Waals surface area contributed by atoms with E-state index in [1.165, 1.54) is 0 Å². The standard InChI is InChI=1S/C9H12N2O2/c1-9(2)12-6-8(13-9)3-7(4-10)5-11/h7-8H,3,6H2,1-2H3/t8-/m0/s1. The molecule has 0 unspecified atom stereocenters. The minimum absolute atomic E-state index is 0.126. The molecule has 13 heavy (non-hydrogen) atoms. The Morgan fingerprint density at radius 1 is 1.46 bits per heavy atom. The third-order valence-electron chi connectivity index (χ3n) is 1.88. The van der Waals surface area contributed by atoms with E-state index in [-0.39, 0.29) is 6.10 Å². The second kappa shape index (κ2) is 3.74. The normalized spacial score (nSPS) is 25.5. The van der Waals surface area contributed by atoms with Gasteiger partial charge in [-0.05, 0) is 13.8 Å². The Bertz CT molecular complexity index is 248. The van der Waals surface area contributed by atoms with Gasteiger partial charge in [-0.15, -0.1) is 0 Å². The second-order valence-electron chi connectivity index (χ2n) is 3.50. The fourth-order valence-corrected chi connectivity index (χ4v) is 1.28. The van der Waals surface area contributed by atoms with E-state index in [0.29, 0.717) is 13.0 Å². The first-order valence-corrected chi connectivity index (χ1v) is 4.18. The number of rotatable bonds is 2. The molecule has 0 aromatic rings. The Hall–Kier alpha value is -1.10. The summed E-state index contributed by atoms with van der Waals surface area (Å²) in [5.41, 5.74) is 0. The van der Waals surface area contributed by atoms with Crippen molar-refractivity contribution >= 4 is 0 Å². The van der Waals surface area contributed by atoms with Crippen LogP contribution < -0.4 is 0 Å². The Morgan fingerprint density at radius 3 is 2.46 bits per heavy atom. The van der Waals surface area contributed by atoms with Crippen LogP contribution in [0.3, 0.4) is 0 Å². The summed E-state index contributed by atoms with van der Waals surface area (Å²) in [4.78, 5) is 0. The van der Waals surface area contributed by atoms with Crippen molar-refractivity contribution in [3.05, 3.63) is 0 Å². The van der Waals surface area contributed by atoms with Gasteiger partial charge in [-0.1, -0.05) is 0 Å². The molecule has 1 heterocycles. The molecule has 0 aromatic carbocycles. The molecule has 0 bridgehead atoms. The molecule has 0 amide bonds. The highest BCUT2D eigenvalue weighted by atomic mass is 16.7. The van der Waals surface area contributed by atoms with Crippen molar-refractivity contribution in [3.8, 4) is 12.1 Å². The molecule has 4 heteroatoms. The quantitative estimate of drug-likeness (QED) is 0.640. The highest BCUT2D eigenvalue weighted by molar-refractivity contribution is 5.00. The molecular weight excluding hydrogens is 168 g/mol. The van der Waals surface area contributed by atoms with Crippen LogP contribution in [0.5, 0.6) is 0 Å². The largest absolute Gasteiger partial charge is 0.348 e. The van der Waals surface area contributed by atoms with Crippen LogP contribution in [0.2, 0.25) is 0 Å². The summed E-state index contributed by atoms with van der Waals surface area (Å²) in [6.07, 6.45) is 0.301. The van der Waals surface area contributed by atoms with Gasteiger partial charge in [0.05, 0.1) is 24.8 Å². The van der Waals surface area contributed by atoms with Crippen LogP contribution in [0.15, 0.2) is 0 Å². The fraction of sp³-hybridized carbons (Fsp3) is 0.778. The van der Waals surface area contributed by atoms with Crippen LogP contribution in [0.4, 0.5) is 0 Å². The Balaban J connectivity index is 2.42. The first kappa shape index (κ1) is 9.98. The molecule has 0 spiro atoms. The zero-order valence-electron chi connectivity index (χ0n) is 7.78. The predicted octanol–water partition coefficient (Wildman–Crippen LogP) is 1.19. The summed E-state index contributed by atoms with van der Waals surface area (Å²) in [7, 11) is 0. The summed E-state index contributed by atoms with van der Waals surface area (Å²) in [5.74, 6) is -1.16. The van der Waals surface area contributed by atoms with E-state index >= 15 is 0 Å². The summed E-state index contributed by atoms with van der Waals surface area (Å²) in [6, 6.07) is 3.82. The van der Waals surface area contributed by atoms with Gasteiger partial charge in [-0.3, -0.25) is 0 Å². The van der Waals surface area contributed by atoms with E-state index in [0.717, 1.165) is 0 Å². The third kappa shape index (κ3) is 2.69. The molecule has 0 N–H and O–H groups in total. The molecule has 1 rings (SSSR count). The molecule has 0 saturated carbocycles. The second-order valence-corrected chi connectivity index (χ2v) is 3.50. The van der Waals surface area contributed by atoms with Crippen molar-refractivity contribution in [1.82, 2.24) is 0 Å². The van der Waals surface area contributed by atoms with Crippen LogP contribution >= 0.6 is 0 Å². The van der Waals surface area contributed by atoms with E-state index < -0.39 is 11.7 Å². The topological polar surface area (TPSA) is 66.0 Å². The Kier molecular flexibility index (Phi) is 2.87. The highest BCUT2D eigenvalue weighted by Gasteiger charge is 2.33. The minimum Gasteiger partial charge on any atom is -0.348 e. The molecule has 1 atom stereocenters. The van der Waals surface area contributed by atoms with Crippen molar-refractivity contribution < 1.29 is 9.47 Å². The maximum Gasteiger partial charge on any atom is 0.163 e. The van der Waals surface area contributed by atoms with Crippen molar-refractivity contribution in [3.63, 3.8) is 0 Å². The highest BCUT2D eigenvalue weighted by Crippen LogP contribution is 2.25. The van der Waals surface area contributed by atoms with Gasteiger partial charge in [0.1, 0.15) is 5.92 Å². The summed E-state index contributed by atoms with van der Waals surface area (Å²) < 4.78 is 10.8. The van der Waals surface area contributed by atoms with Crippen molar-refractivity contribution in [2.75, 3.05) is 6.61 Å². The Morgan fingerprint density at radius 2 is 2.08 bits per heavy atom. The van der Waals surface area contributed by atoms with Crippen LogP contribution in [0.1, 0.15) is 20.3 Å². The Labute approximate surface area is 77.7 Å². The average Bonchev–Trinajstić information content (AvgIpc) is 2.41. The van der Waals surface area contributed by atoms with Crippen LogP contribution in [0.25, 0.3) is 0 Å². The van der Waals surface area contributed by atoms with Gasteiger partial charge in [0.25, 0.3) is 0 Å². The SMILES string of the molecule is CC1(C)OC[C@H](CC(C#N)C#N)O1. The molecule has 0 aliphatic carbocycles. The van der Waals surface area contributed by atoms with Gasteiger partial charge in [0.2, 0.25) is 0 Å². The first-order valence-electron chi connectivity index (χ1n) is 4.18. The van der Waals surface area contributed by atoms with Crippen LogP contribution in [-0.4, -0.2) is 18.5 Å². The first-order chi connectivity index (χ1) is 6.07. The van der Waals surface area contributed by atoms with E-state index in [4.69, 9.17) is 20.0 Å². The number of ether oxygens (including phenoxy) is 2. The van der Waals surface area contributed by atoms with Gasteiger partial charge < -0.3 is 9.47 Å². The fourth-order valence-electron chi connectivity index (χ4n) is 1.28. The summed E-state index contributed by atoms with van der Waals surface area (Å²) >= 11 is 0. The van der Waals surface area contributed by atoms with Gasteiger partial charge >= 0.3 is 0 Å². The molecule has 1 saturated heterocycles. The number of hydrogen-bond donors (Lipinski definition) is 0. The zero-order valence-corrected chi connectivity index (χ0v) is 7.78. The van der Waals surface area contributed by atoms with Crippen molar-refractivity contribution in [2.45, 2.75) is 32.2 Å². The monoisotopic (exact) mass is 180 g/mol. The van der Waals surface area contributed by atoms with Crippen LogP contribution in [0, 0.1) is 28.6 Å². The lowest BCUT2D eigenvalue weighted by Crippen LogP contribution is -2.22. The summed E-state index contributed by atoms with van der Waals surface area (Å²) in [5, 5.41) is 17.1. The van der Waals surface area contributed by atoms with Crippen molar-refractivity contribution in [2.24, 2.45) is 5.92 Å². The van der Waals surface area contributed by atoms with Gasteiger partial charge in [0, 0.05) is 6.42 Å². The molecule has 4 nitrogen and oxygen atoms in total. The molecule has 0 radical (unpaired) electrons. The number of nitrogens with zero attached hydrogens (tertiary/aromatic N) is 2. The van der Waals surface area contributed by atoms with Crippen LogP contribution in [-0.2, 0) is 9.47 Å². The van der Waals surface area contributed by atoms with Gasteiger partial charge in [-0.2, -0.15) is 10.5 Å². The van der Waals surface area contributed by atoms with Gasteiger partial charge in [0.15, 0.2) is 5.79 Å². The lowest BCUT2D eigenvalue weighted by Gasteiger charge is -2.16. The summed E-state index contributed by atoms with van der Waals surface area (Å²) in [6.45, 7) is 4.11. The molecule has 1 aliphatic rings. The van der Waals surface area contributed by atoms with E-state index in [1.807, 2.05) is 26.0 Å². The maximum atomic E-state index is 8.55. The maximum absolute atomic E-state index is 8.55. The lowest BCUT2D eigenvalue weighted by molar-refractivity contribution is -0.139. The number of hydrogen-bond acceptors (Lipinski definition) is 4. The minimum atomic E-state index is -0.595.